The standard InChI is InChI=1S/C16H18BrN3O/c1-11(2)9-18-12-7-8-15(19-10-12)20-16(21)13-5-3-4-6-14(13)17/h3-8,10-11,18H,9H2,1-2H3,(H,19,20,21). The summed E-state index contributed by atoms with van der Waals surface area (Å²) in [6, 6.07) is 11.0. The third-order valence-electron chi connectivity index (χ3n) is 2.84. The first-order valence-electron chi connectivity index (χ1n) is 6.82. The number of hydrogen-bond acceptors (Lipinski definition) is 3. The van der Waals surface area contributed by atoms with Gasteiger partial charge in [0, 0.05) is 11.0 Å². The summed E-state index contributed by atoms with van der Waals surface area (Å²) in [6.45, 7) is 5.18. The average Bonchev–Trinajstić information content (AvgIpc) is 2.47. The second-order valence-electron chi connectivity index (χ2n) is 5.14. The lowest BCUT2D eigenvalue weighted by Gasteiger charge is -2.10. The van der Waals surface area contributed by atoms with Gasteiger partial charge in [-0.3, -0.25) is 4.79 Å². The maximum absolute atomic E-state index is 12.1. The third kappa shape index (κ3) is 4.56. The summed E-state index contributed by atoms with van der Waals surface area (Å²) in [6.07, 6.45) is 1.72. The van der Waals surface area contributed by atoms with Crippen LogP contribution in [-0.4, -0.2) is 17.4 Å². The SMILES string of the molecule is CC(C)CNc1ccc(NC(=O)c2ccccc2Br)nc1. The van der Waals surface area contributed by atoms with E-state index >= 15 is 0 Å². The Morgan fingerprint density at radius 2 is 2.00 bits per heavy atom. The van der Waals surface area contributed by atoms with Crippen molar-refractivity contribution in [1.29, 1.82) is 0 Å². The van der Waals surface area contributed by atoms with Gasteiger partial charge >= 0.3 is 0 Å². The van der Waals surface area contributed by atoms with Crippen molar-refractivity contribution in [3.8, 4) is 0 Å². The van der Waals surface area contributed by atoms with Crippen molar-refractivity contribution in [2.75, 3.05) is 17.2 Å². The summed E-state index contributed by atoms with van der Waals surface area (Å²) < 4.78 is 0.762. The molecule has 21 heavy (non-hydrogen) atoms. The normalized spacial score (nSPS) is 10.5. The topological polar surface area (TPSA) is 54.0 Å². The van der Waals surface area contributed by atoms with E-state index in [2.05, 4.69) is 45.4 Å². The fourth-order valence-corrected chi connectivity index (χ4v) is 2.19. The van der Waals surface area contributed by atoms with Gasteiger partial charge in [-0.15, -0.1) is 0 Å². The molecule has 1 aromatic carbocycles. The van der Waals surface area contributed by atoms with Gasteiger partial charge in [-0.2, -0.15) is 0 Å². The van der Waals surface area contributed by atoms with Crippen molar-refractivity contribution in [2.24, 2.45) is 5.92 Å². The number of hydrogen-bond donors (Lipinski definition) is 2. The van der Waals surface area contributed by atoms with Gasteiger partial charge < -0.3 is 10.6 Å². The zero-order chi connectivity index (χ0) is 15.2. The quantitative estimate of drug-likeness (QED) is 0.853. The summed E-state index contributed by atoms with van der Waals surface area (Å²) in [5.41, 5.74) is 1.53. The van der Waals surface area contributed by atoms with Crippen LogP contribution in [0.4, 0.5) is 11.5 Å². The highest BCUT2D eigenvalue weighted by molar-refractivity contribution is 9.10. The lowest BCUT2D eigenvalue weighted by atomic mass is 10.2. The highest BCUT2D eigenvalue weighted by Gasteiger charge is 2.09. The van der Waals surface area contributed by atoms with Gasteiger partial charge in [-0.25, -0.2) is 4.98 Å². The molecule has 0 aliphatic rings. The smallest absolute Gasteiger partial charge is 0.257 e. The molecule has 2 aromatic rings. The molecule has 4 nitrogen and oxygen atoms in total. The van der Waals surface area contributed by atoms with Gasteiger partial charge in [-0.1, -0.05) is 26.0 Å². The third-order valence-corrected chi connectivity index (χ3v) is 3.53. The molecular weight excluding hydrogens is 330 g/mol. The Labute approximate surface area is 133 Å². The van der Waals surface area contributed by atoms with Crippen molar-refractivity contribution in [2.45, 2.75) is 13.8 Å². The molecule has 0 bridgehead atoms. The lowest BCUT2D eigenvalue weighted by molar-refractivity contribution is 0.102. The zero-order valence-electron chi connectivity index (χ0n) is 12.1. The van der Waals surface area contributed by atoms with Crippen molar-refractivity contribution in [3.63, 3.8) is 0 Å². The molecule has 0 spiro atoms. The first-order valence-corrected chi connectivity index (χ1v) is 7.61. The van der Waals surface area contributed by atoms with E-state index in [1.807, 2.05) is 24.3 Å². The summed E-state index contributed by atoms with van der Waals surface area (Å²) >= 11 is 3.36. The molecule has 0 radical (unpaired) electrons. The number of carbonyl (C=O) groups excluding carboxylic acids is 1. The van der Waals surface area contributed by atoms with Gasteiger partial charge in [0.05, 0.1) is 17.4 Å². The van der Waals surface area contributed by atoms with Crippen molar-refractivity contribution >= 4 is 33.3 Å². The van der Waals surface area contributed by atoms with Gasteiger partial charge in [0.2, 0.25) is 0 Å². The molecule has 0 saturated heterocycles. The van der Waals surface area contributed by atoms with Crippen LogP contribution in [0.5, 0.6) is 0 Å². The molecule has 0 fully saturated rings. The molecule has 0 aliphatic heterocycles. The minimum Gasteiger partial charge on any atom is -0.384 e. The molecule has 1 amide bonds. The Morgan fingerprint density at radius 3 is 2.62 bits per heavy atom. The molecular formula is C16H18BrN3O. The fraction of sp³-hybridized carbons (Fsp3) is 0.250. The molecule has 0 unspecified atom stereocenters. The number of rotatable bonds is 5. The number of anilines is 2. The highest BCUT2D eigenvalue weighted by Crippen LogP contribution is 2.17. The summed E-state index contributed by atoms with van der Waals surface area (Å²) in [5.74, 6) is 0.920. The van der Waals surface area contributed by atoms with Gasteiger partial charge in [0.15, 0.2) is 0 Å². The Balaban J connectivity index is 2.00. The van der Waals surface area contributed by atoms with E-state index in [4.69, 9.17) is 0 Å². The molecule has 2 N–H and O–H groups in total. The Hall–Kier alpha value is -1.88. The van der Waals surface area contributed by atoms with E-state index in [1.54, 1.807) is 18.3 Å². The molecule has 0 saturated carbocycles. The van der Waals surface area contributed by atoms with Crippen LogP contribution in [0.2, 0.25) is 0 Å². The van der Waals surface area contributed by atoms with Crippen LogP contribution in [0.3, 0.4) is 0 Å². The van der Waals surface area contributed by atoms with Gasteiger partial charge in [-0.05, 0) is 46.1 Å². The average molecular weight is 348 g/mol. The fourth-order valence-electron chi connectivity index (χ4n) is 1.72. The van der Waals surface area contributed by atoms with Crippen LogP contribution in [0.1, 0.15) is 24.2 Å². The molecule has 0 aliphatic carbocycles. The lowest BCUT2D eigenvalue weighted by Crippen LogP contribution is -2.14. The van der Waals surface area contributed by atoms with Crippen molar-refractivity contribution in [1.82, 2.24) is 4.98 Å². The second-order valence-corrected chi connectivity index (χ2v) is 6.00. The second kappa shape index (κ2) is 7.22. The first kappa shape index (κ1) is 15.5. The molecule has 0 atom stereocenters. The number of aromatic nitrogens is 1. The number of amides is 1. The van der Waals surface area contributed by atoms with Crippen LogP contribution in [0.15, 0.2) is 47.1 Å². The van der Waals surface area contributed by atoms with Crippen LogP contribution >= 0.6 is 15.9 Å². The molecule has 2 rings (SSSR count). The Kier molecular flexibility index (Phi) is 5.33. The van der Waals surface area contributed by atoms with Crippen molar-refractivity contribution in [3.05, 3.63) is 52.6 Å². The monoisotopic (exact) mass is 347 g/mol. The minimum atomic E-state index is -0.183. The summed E-state index contributed by atoms with van der Waals surface area (Å²) in [5, 5.41) is 6.07. The van der Waals surface area contributed by atoms with E-state index in [1.165, 1.54) is 0 Å². The minimum absolute atomic E-state index is 0.183. The molecule has 110 valence electrons. The van der Waals surface area contributed by atoms with E-state index in [9.17, 15) is 4.79 Å². The number of carbonyl (C=O) groups is 1. The van der Waals surface area contributed by atoms with E-state index in [0.717, 1.165) is 16.7 Å². The molecule has 1 heterocycles. The largest absolute Gasteiger partial charge is 0.384 e. The van der Waals surface area contributed by atoms with Gasteiger partial charge in [0.1, 0.15) is 5.82 Å². The van der Waals surface area contributed by atoms with Crippen LogP contribution in [-0.2, 0) is 0 Å². The Bertz CT molecular complexity index is 611. The first-order chi connectivity index (χ1) is 10.1. The number of nitrogens with zero attached hydrogens (tertiary/aromatic N) is 1. The van der Waals surface area contributed by atoms with Crippen LogP contribution in [0.25, 0.3) is 0 Å². The van der Waals surface area contributed by atoms with Crippen LogP contribution < -0.4 is 10.6 Å². The number of benzene rings is 1. The van der Waals surface area contributed by atoms with Gasteiger partial charge in [0.25, 0.3) is 5.91 Å². The highest BCUT2D eigenvalue weighted by atomic mass is 79.9. The van der Waals surface area contributed by atoms with Crippen LogP contribution in [0, 0.1) is 5.92 Å². The maximum Gasteiger partial charge on any atom is 0.257 e. The summed E-state index contributed by atoms with van der Waals surface area (Å²) in [4.78, 5) is 16.4. The predicted octanol–water partition coefficient (Wildman–Crippen LogP) is 4.16. The maximum atomic E-state index is 12.1. The predicted molar refractivity (Wildman–Crippen MR) is 89.7 cm³/mol. The molecule has 1 aromatic heterocycles. The van der Waals surface area contributed by atoms with E-state index < -0.39 is 0 Å². The molecule has 5 heteroatoms. The van der Waals surface area contributed by atoms with Crippen molar-refractivity contribution < 1.29 is 4.79 Å². The van der Waals surface area contributed by atoms with E-state index in [-0.39, 0.29) is 5.91 Å². The summed E-state index contributed by atoms with van der Waals surface area (Å²) in [7, 11) is 0. The Morgan fingerprint density at radius 1 is 1.24 bits per heavy atom. The zero-order valence-corrected chi connectivity index (χ0v) is 13.6. The number of nitrogens with one attached hydrogen (secondary N) is 2. The number of halogens is 1. The number of pyridine rings is 1. The van der Waals surface area contributed by atoms with E-state index in [0.29, 0.717) is 17.3 Å².